The molecule has 0 atom stereocenters. The van der Waals surface area contributed by atoms with Crippen LogP contribution in [0.4, 0.5) is 0 Å². The molecule has 7 heteroatoms. The lowest BCUT2D eigenvalue weighted by molar-refractivity contribution is -0.147. The molecule has 1 fully saturated rings. The van der Waals surface area contributed by atoms with Gasteiger partial charge in [-0.2, -0.15) is 0 Å². The average molecular weight is 353 g/mol. The van der Waals surface area contributed by atoms with E-state index in [1.165, 1.54) is 5.56 Å². The van der Waals surface area contributed by atoms with Crippen LogP contribution >= 0.6 is 24.8 Å². The maximum atomic E-state index is 11.5. The summed E-state index contributed by atoms with van der Waals surface area (Å²) in [5, 5.41) is 12.6. The number of likely N-dealkylation sites (tertiary alicyclic amines) is 1. The van der Waals surface area contributed by atoms with Crippen molar-refractivity contribution in [3.05, 3.63) is 35.9 Å². The van der Waals surface area contributed by atoms with Gasteiger partial charge in [0.2, 0.25) is 0 Å². The fourth-order valence-corrected chi connectivity index (χ4v) is 2.74. The summed E-state index contributed by atoms with van der Waals surface area (Å²) in [6, 6.07) is 10.3. The zero-order valence-electron chi connectivity index (χ0n) is 12.7. The Morgan fingerprint density at radius 3 is 2.23 bits per heavy atom. The number of hydrogen-bond donors (Lipinski definition) is 2. The molecule has 1 heterocycles. The topological polar surface area (TPSA) is 84.1 Å². The van der Waals surface area contributed by atoms with Crippen molar-refractivity contribution in [3.63, 3.8) is 0 Å². The van der Waals surface area contributed by atoms with Crippen molar-refractivity contribution in [1.82, 2.24) is 10.2 Å². The highest BCUT2D eigenvalue weighted by Crippen LogP contribution is 2.23. The van der Waals surface area contributed by atoms with E-state index >= 15 is 0 Å². The van der Waals surface area contributed by atoms with Gasteiger partial charge in [0.15, 0.2) is 0 Å². The quantitative estimate of drug-likeness (QED) is 0.845. The minimum Gasteiger partial charge on any atom is -0.480 e. The molecule has 0 aliphatic carbocycles. The lowest BCUT2D eigenvalue weighted by Gasteiger charge is -2.39. The highest BCUT2D eigenvalue weighted by Gasteiger charge is 2.40. The van der Waals surface area contributed by atoms with Gasteiger partial charge in [-0.3, -0.25) is 9.69 Å². The summed E-state index contributed by atoms with van der Waals surface area (Å²) in [7, 11) is 0. The lowest BCUT2D eigenvalue weighted by Crippen LogP contribution is -2.58. The Morgan fingerprint density at radius 2 is 1.77 bits per heavy atom. The van der Waals surface area contributed by atoms with Crippen LogP contribution < -0.4 is 5.32 Å². The highest BCUT2D eigenvalue weighted by molar-refractivity contribution is 5.85. The van der Waals surface area contributed by atoms with Crippen molar-refractivity contribution < 1.29 is 15.4 Å². The molecule has 0 bridgehead atoms. The second kappa shape index (κ2) is 10.8. The van der Waals surface area contributed by atoms with E-state index in [2.05, 4.69) is 22.3 Å². The Balaban J connectivity index is 0. The molecule has 0 amide bonds. The Hall–Kier alpha value is -0.850. The maximum Gasteiger partial charge on any atom is 0.323 e. The van der Waals surface area contributed by atoms with Crippen molar-refractivity contribution in [2.24, 2.45) is 0 Å². The summed E-state index contributed by atoms with van der Waals surface area (Å²) in [5.41, 5.74) is 0.566. The van der Waals surface area contributed by atoms with Gasteiger partial charge in [0.05, 0.1) is 0 Å². The summed E-state index contributed by atoms with van der Waals surface area (Å²) in [4.78, 5) is 13.8. The van der Waals surface area contributed by atoms with Crippen LogP contribution in [0.3, 0.4) is 0 Å². The van der Waals surface area contributed by atoms with E-state index < -0.39 is 11.5 Å². The Bertz CT molecular complexity index is 424. The van der Waals surface area contributed by atoms with E-state index in [1.54, 1.807) is 0 Å². The van der Waals surface area contributed by atoms with Gasteiger partial charge in [-0.1, -0.05) is 37.3 Å². The van der Waals surface area contributed by atoms with Crippen LogP contribution in [0.15, 0.2) is 30.3 Å². The highest BCUT2D eigenvalue weighted by atomic mass is 35.5. The van der Waals surface area contributed by atoms with E-state index in [1.807, 2.05) is 25.1 Å². The van der Waals surface area contributed by atoms with Crippen LogP contribution in [0.5, 0.6) is 0 Å². The monoisotopic (exact) mass is 352 g/mol. The molecular formula is C15H26Cl2N2O3. The second-order valence-electron chi connectivity index (χ2n) is 5.18. The fraction of sp³-hybridized carbons (Fsp3) is 0.533. The number of piperidine rings is 1. The van der Waals surface area contributed by atoms with Gasteiger partial charge in [0.1, 0.15) is 5.54 Å². The van der Waals surface area contributed by atoms with Crippen molar-refractivity contribution >= 4 is 30.8 Å². The number of carboxylic acid groups (broad SMARTS) is 1. The molecule has 22 heavy (non-hydrogen) atoms. The van der Waals surface area contributed by atoms with Gasteiger partial charge < -0.3 is 15.9 Å². The molecule has 0 aromatic heterocycles. The van der Waals surface area contributed by atoms with Gasteiger partial charge in [-0.25, -0.2) is 0 Å². The van der Waals surface area contributed by atoms with E-state index in [-0.39, 0.29) is 30.3 Å². The van der Waals surface area contributed by atoms with Crippen molar-refractivity contribution in [1.29, 1.82) is 0 Å². The molecule has 4 N–H and O–H groups in total. The molecule has 1 aromatic carbocycles. The van der Waals surface area contributed by atoms with Gasteiger partial charge >= 0.3 is 5.97 Å². The molecular weight excluding hydrogens is 327 g/mol. The number of aliphatic carboxylic acids is 1. The van der Waals surface area contributed by atoms with Gasteiger partial charge in [-0.05, 0) is 24.9 Å². The standard InChI is InChI=1S/C15H22N2O2.2ClH.H2O/c1-2-16-15(14(18)19)8-10-17(11-9-15)12-13-6-4-3-5-7-13;;;/h3-7,16H,2,8-12H2,1H3,(H,18,19);2*1H;1H2. The molecule has 1 aliphatic heterocycles. The van der Waals surface area contributed by atoms with Crippen LogP contribution in [0.2, 0.25) is 0 Å². The third-order valence-corrected chi connectivity index (χ3v) is 3.88. The first kappa shape index (κ1) is 23.4. The minimum atomic E-state index is -0.720. The van der Waals surface area contributed by atoms with Crippen LogP contribution in [0, 0.1) is 0 Å². The minimum absolute atomic E-state index is 0. The number of benzene rings is 1. The largest absolute Gasteiger partial charge is 0.480 e. The first-order valence-corrected chi connectivity index (χ1v) is 6.91. The first-order valence-electron chi connectivity index (χ1n) is 6.91. The van der Waals surface area contributed by atoms with Crippen LogP contribution in [0.25, 0.3) is 0 Å². The van der Waals surface area contributed by atoms with E-state index in [0.717, 1.165) is 19.6 Å². The van der Waals surface area contributed by atoms with Crippen molar-refractivity contribution in [2.45, 2.75) is 31.8 Å². The summed E-state index contributed by atoms with van der Waals surface area (Å²) in [5.74, 6) is -0.714. The number of halogens is 2. The van der Waals surface area contributed by atoms with Gasteiger partial charge in [0, 0.05) is 19.6 Å². The SMILES string of the molecule is CCNC1(C(=O)O)CCN(Cc2ccccc2)CC1.Cl.Cl.O. The molecule has 1 saturated heterocycles. The van der Waals surface area contributed by atoms with Gasteiger partial charge in [0.25, 0.3) is 0 Å². The molecule has 1 aromatic rings. The predicted molar refractivity (Wildman–Crippen MR) is 93.1 cm³/mol. The zero-order chi connectivity index (χ0) is 13.7. The predicted octanol–water partition coefficient (Wildman–Crippen LogP) is 1.73. The fourth-order valence-electron chi connectivity index (χ4n) is 2.74. The Morgan fingerprint density at radius 1 is 1.23 bits per heavy atom. The first-order chi connectivity index (χ1) is 9.16. The molecule has 0 radical (unpaired) electrons. The molecule has 0 unspecified atom stereocenters. The number of rotatable bonds is 5. The summed E-state index contributed by atoms with van der Waals surface area (Å²) in [6.07, 6.45) is 1.34. The Kier molecular flexibility index (Phi) is 11.5. The van der Waals surface area contributed by atoms with E-state index in [4.69, 9.17) is 0 Å². The van der Waals surface area contributed by atoms with E-state index in [0.29, 0.717) is 19.4 Å². The third-order valence-electron chi connectivity index (χ3n) is 3.88. The number of hydrogen-bond acceptors (Lipinski definition) is 3. The van der Waals surface area contributed by atoms with Crippen molar-refractivity contribution in [3.8, 4) is 0 Å². The molecule has 2 rings (SSSR count). The smallest absolute Gasteiger partial charge is 0.323 e. The molecule has 128 valence electrons. The zero-order valence-corrected chi connectivity index (χ0v) is 14.4. The summed E-state index contributed by atoms with van der Waals surface area (Å²) in [6.45, 7) is 5.22. The molecule has 1 aliphatic rings. The normalized spacial score (nSPS) is 16.6. The number of carboxylic acids is 1. The number of likely N-dealkylation sites (N-methyl/N-ethyl adjacent to an activating group) is 1. The van der Waals surface area contributed by atoms with Crippen LogP contribution in [-0.4, -0.2) is 46.6 Å². The summed E-state index contributed by atoms with van der Waals surface area (Å²) < 4.78 is 0. The van der Waals surface area contributed by atoms with Crippen LogP contribution in [0.1, 0.15) is 25.3 Å². The number of nitrogens with zero attached hydrogens (tertiary/aromatic N) is 1. The number of nitrogens with one attached hydrogen (secondary N) is 1. The molecule has 0 spiro atoms. The molecule has 5 nitrogen and oxygen atoms in total. The van der Waals surface area contributed by atoms with Crippen molar-refractivity contribution in [2.75, 3.05) is 19.6 Å². The number of carbonyl (C=O) groups is 1. The maximum absolute atomic E-state index is 11.5. The summed E-state index contributed by atoms with van der Waals surface area (Å²) >= 11 is 0. The molecule has 0 saturated carbocycles. The van der Waals surface area contributed by atoms with E-state index in [9.17, 15) is 9.90 Å². The van der Waals surface area contributed by atoms with Gasteiger partial charge in [-0.15, -0.1) is 24.8 Å². The van der Waals surface area contributed by atoms with Crippen LogP contribution in [-0.2, 0) is 11.3 Å². The average Bonchev–Trinajstić information content (AvgIpc) is 2.42. The third kappa shape index (κ3) is 5.74. The second-order valence-corrected chi connectivity index (χ2v) is 5.18. The Labute approximate surface area is 144 Å². The lowest BCUT2D eigenvalue weighted by atomic mass is 9.87.